The summed E-state index contributed by atoms with van der Waals surface area (Å²) >= 11 is 0. The van der Waals surface area contributed by atoms with Gasteiger partial charge in [-0.3, -0.25) is 0 Å². The van der Waals surface area contributed by atoms with Crippen LogP contribution in [-0.2, 0) is 14.2 Å². The standard InChI is InChI=1S/C17H21F3O4/c1-16(2,3)24-15(21)23-14-11(17(18,19)20)12-9-7-4-5-8(6-7)10(9)13(14)22-12/h4-5,7-14H,6H2,1-3H3. The van der Waals surface area contributed by atoms with Crippen LogP contribution in [0.5, 0.6) is 0 Å². The molecule has 1 saturated carbocycles. The van der Waals surface area contributed by atoms with Crippen molar-refractivity contribution in [1.82, 2.24) is 0 Å². The molecule has 0 aromatic rings. The molecular weight excluding hydrogens is 325 g/mol. The fourth-order valence-corrected chi connectivity index (χ4v) is 5.10. The van der Waals surface area contributed by atoms with Gasteiger partial charge in [0, 0.05) is 5.92 Å². The maximum atomic E-state index is 13.6. The van der Waals surface area contributed by atoms with Crippen molar-refractivity contribution in [2.24, 2.45) is 29.6 Å². The predicted octanol–water partition coefficient (Wildman–Crippen LogP) is 3.70. The number of hydrogen-bond donors (Lipinski definition) is 0. The predicted molar refractivity (Wildman–Crippen MR) is 77.0 cm³/mol. The molecule has 0 spiro atoms. The van der Waals surface area contributed by atoms with E-state index in [0.29, 0.717) is 0 Å². The molecule has 0 aromatic heterocycles. The Morgan fingerprint density at radius 1 is 1.08 bits per heavy atom. The summed E-state index contributed by atoms with van der Waals surface area (Å²) in [5.74, 6) is -1.49. The van der Waals surface area contributed by atoms with E-state index in [1.54, 1.807) is 20.8 Å². The van der Waals surface area contributed by atoms with Gasteiger partial charge < -0.3 is 14.2 Å². The maximum Gasteiger partial charge on any atom is 0.509 e. The van der Waals surface area contributed by atoms with Gasteiger partial charge in [-0.2, -0.15) is 13.2 Å². The Hall–Kier alpha value is -1.24. The minimum atomic E-state index is -4.47. The van der Waals surface area contributed by atoms with Gasteiger partial charge in [-0.25, -0.2) is 4.79 Å². The minimum absolute atomic E-state index is 0.0102. The summed E-state index contributed by atoms with van der Waals surface area (Å²) in [6.07, 6.45) is -3.49. The molecule has 7 heteroatoms. The second-order valence-electron chi connectivity index (χ2n) is 8.28. The minimum Gasteiger partial charge on any atom is -0.429 e. The molecule has 4 bridgehead atoms. The number of rotatable bonds is 1. The molecule has 4 rings (SSSR count). The van der Waals surface area contributed by atoms with Crippen molar-refractivity contribution in [2.75, 3.05) is 0 Å². The van der Waals surface area contributed by atoms with Crippen LogP contribution in [0.25, 0.3) is 0 Å². The molecular formula is C17H21F3O4. The number of ether oxygens (including phenoxy) is 3. The van der Waals surface area contributed by atoms with Crippen LogP contribution in [0.1, 0.15) is 27.2 Å². The van der Waals surface area contributed by atoms with Crippen molar-refractivity contribution in [3.05, 3.63) is 12.2 Å². The summed E-state index contributed by atoms with van der Waals surface area (Å²) in [5.41, 5.74) is -0.818. The second kappa shape index (κ2) is 4.90. The third kappa shape index (κ3) is 2.35. The van der Waals surface area contributed by atoms with Crippen LogP contribution in [0.3, 0.4) is 0 Å². The van der Waals surface area contributed by atoms with Crippen LogP contribution in [0.15, 0.2) is 12.2 Å². The summed E-state index contributed by atoms with van der Waals surface area (Å²) in [4.78, 5) is 11.9. The van der Waals surface area contributed by atoms with Gasteiger partial charge in [0.15, 0.2) is 0 Å². The van der Waals surface area contributed by atoms with Crippen molar-refractivity contribution in [2.45, 2.75) is 57.3 Å². The van der Waals surface area contributed by atoms with Crippen LogP contribution >= 0.6 is 0 Å². The Morgan fingerprint density at radius 2 is 1.67 bits per heavy atom. The van der Waals surface area contributed by atoms with E-state index in [1.165, 1.54) is 0 Å². The lowest BCUT2D eigenvalue weighted by Gasteiger charge is -2.38. The van der Waals surface area contributed by atoms with E-state index in [1.807, 2.05) is 6.08 Å². The van der Waals surface area contributed by atoms with E-state index in [9.17, 15) is 18.0 Å². The Kier molecular flexibility index (Phi) is 3.31. The van der Waals surface area contributed by atoms with Crippen molar-refractivity contribution >= 4 is 6.16 Å². The smallest absolute Gasteiger partial charge is 0.429 e. The molecule has 134 valence electrons. The number of carbonyl (C=O) groups is 1. The number of halogens is 3. The first-order valence-electron chi connectivity index (χ1n) is 8.36. The molecule has 24 heavy (non-hydrogen) atoms. The molecule has 0 radical (unpaired) electrons. The summed E-state index contributed by atoms with van der Waals surface area (Å²) in [7, 11) is 0. The van der Waals surface area contributed by atoms with Gasteiger partial charge >= 0.3 is 12.3 Å². The molecule has 0 aromatic carbocycles. The van der Waals surface area contributed by atoms with E-state index in [-0.39, 0.29) is 23.7 Å². The Labute approximate surface area is 138 Å². The van der Waals surface area contributed by atoms with Crippen molar-refractivity contribution in [3.8, 4) is 0 Å². The lowest BCUT2D eigenvalue weighted by Crippen LogP contribution is -2.52. The third-order valence-electron chi connectivity index (χ3n) is 5.69. The van der Waals surface area contributed by atoms with E-state index in [2.05, 4.69) is 6.08 Å². The highest BCUT2D eigenvalue weighted by atomic mass is 19.4. The average Bonchev–Trinajstić information content (AvgIpc) is 3.12. The third-order valence-corrected chi connectivity index (χ3v) is 5.69. The van der Waals surface area contributed by atoms with E-state index >= 15 is 0 Å². The number of carbonyl (C=O) groups excluding carboxylic acids is 1. The number of allylic oxidation sites excluding steroid dienone is 2. The molecule has 0 N–H and O–H groups in total. The maximum absolute atomic E-state index is 13.6. The molecule has 2 aliphatic heterocycles. The monoisotopic (exact) mass is 346 g/mol. The summed E-state index contributed by atoms with van der Waals surface area (Å²) in [6.45, 7) is 4.93. The molecule has 4 aliphatic rings. The van der Waals surface area contributed by atoms with Gasteiger partial charge in [0.1, 0.15) is 17.6 Å². The molecule has 2 aliphatic carbocycles. The van der Waals surface area contributed by atoms with Gasteiger partial charge in [-0.15, -0.1) is 0 Å². The number of alkyl halides is 3. The summed E-state index contributed by atoms with van der Waals surface area (Å²) < 4.78 is 56.8. The topological polar surface area (TPSA) is 44.8 Å². The Bertz CT molecular complexity index is 579. The van der Waals surface area contributed by atoms with Gasteiger partial charge in [0.2, 0.25) is 0 Å². The molecule has 0 amide bonds. The fourth-order valence-electron chi connectivity index (χ4n) is 5.10. The van der Waals surface area contributed by atoms with Gasteiger partial charge in [0.05, 0.1) is 12.2 Å². The van der Waals surface area contributed by atoms with E-state index in [0.717, 1.165) is 6.42 Å². The first-order chi connectivity index (χ1) is 11.1. The fraction of sp³-hybridized carbons (Fsp3) is 0.824. The van der Waals surface area contributed by atoms with Crippen molar-refractivity contribution in [3.63, 3.8) is 0 Å². The van der Waals surface area contributed by atoms with E-state index < -0.39 is 42.2 Å². The van der Waals surface area contributed by atoms with Crippen molar-refractivity contribution < 1.29 is 32.2 Å². The lowest BCUT2D eigenvalue weighted by molar-refractivity contribution is -0.214. The number of fused-ring (bicyclic) bond motifs is 9. The molecule has 3 fully saturated rings. The van der Waals surface area contributed by atoms with E-state index in [4.69, 9.17) is 14.2 Å². The lowest BCUT2D eigenvalue weighted by atomic mass is 9.68. The highest BCUT2D eigenvalue weighted by Crippen LogP contribution is 2.64. The van der Waals surface area contributed by atoms with Gasteiger partial charge in [-0.1, -0.05) is 12.2 Å². The van der Waals surface area contributed by atoms with Crippen molar-refractivity contribution in [1.29, 1.82) is 0 Å². The first kappa shape index (κ1) is 16.2. The highest BCUT2D eigenvalue weighted by Gasteiger charge is 2.72. The Morgan fingerprint density at radius 3 is 2.21 bits per heavy atom. The van der Waals surface area contributed by atoms with Gasteiger partial charge in [-0.05, 0) is 44.9 Å². The zero-order valence-electron chi connectivity index (χ0n) is 13.7. The second-order valence-corrected chi connectivity index (χ2v) is 8.28. The molecule has 8 atom stereocenters. The van der Waals surface area contributed by atoms with Crippen LogP contribution < -0.4 is 0 Å². The summed E-state index contributed by atoms with van der Waals surface area (Å²) in [6, 6.07) is 0. The Balaban J connectivity index is 1.59. The highest BCUT2D eigenvalue weighted by molar-refractivity contribution is 5.61. The SMILES string of the molecule is CC(C)(C)OC(=O)OC1C2OC(C3C4C=CC(C4)C23)C1C(F)(F)F. The molecule has 4 nitrogen and oxygen atoms in total. The van der Waals surface area contributed by atoms with Crippen LogP contribution in [0.4, 0.5) is 18.0 Å². The van der Waals surface area contributed by atoms with Crippen LogP contribution in [0, 0.1) is 29.6 Å². The number of hydrogen-bond acceptors (Lipinski definition) is 4. The summed E-state index contributed by atoms with van der Waals surface area (Å²) in [5, 5.41) is 0. The average molecular weight is 346 g/mol. The normalized spacial score (nSPS) is 45.6. The van der Waals surface area contributed by atoms with Gasteiger partial charge in [0.25, 0.3) is 0 Å². The zero-order chi connectivity index (χ0) is 17.4. The van der Waals surface area contributed by atoms with Crippen LogP contribution in [-0.4, -0.2) is 36.2 Å². The van der Waals surface area contributed by atoms with Crippen LogP contribution in [0.2, 0.25) is 0 Å². The largest absolute Gasteiger partial charge is 0.509 e. The molecule has 8 unspecified atom stereocenters. The quantitative estimate of drug-likeness (QED) is 0.536. The molecule has 2 heterocycles. The first-order valence-corrected chi connectivity index (χ1v) is 8.36. The zero-order valence-corrected chi connectivity index (χ0v) is 13.7. The molecule has 2 saturated heterocycles.